The molecule has 3 rings (SSSR count). The van der Waals surface area contributed by atoms with Gasteiger partial charge in [-0.2, -0.15) is 0 Å². The Hall–Kier alpha value is -1.26. The van der Waals surface area contributed by atoms with Crippen molar-refractivity contribution in [3.8, 4) is 0 Å². The highest BCUT2D eigenvalue weighted by Gasteiger charge is 2.18. The molecule has 0 spiro atoms. The molecular weight excluding hydrogens is 278 g/mol. The second-order valence-electron chi connectivity index (χ2n) is 5.30. The molecule has 1 aliphatic carbocycles. The number of hydrogen-bond donors (Lipinski definition) is 1. The van der Waals surface area contributed by atoms with Crippen LogP contribution in [0.15, 0.2) is 24.3 Å². The van der Waals surface area contributed by atoms with E-state index < -0.39 is 17.7 Å². The highest BCUT2D eigenvalue weighted by Crippen LogP contribution is 2.34. The van der Waals surface area contributed by atoms with Crippen LogP contribution in [0.3, 0.4) is 0 Å². The Morgan fingerprint density at radius 1 is 1.05 bits per heavy atom. The molecule has 1 nitrogen and oxygen atoms in total. The molecule has 20 heavy (non-hydrogen) atoms. The first-order chi connectivity index (χ1) is 9.61. The number of hydrogen-bond acceptors (Lipinski definition) is 2. The van der Waals surface area contributed by atoms with Crippen molar-refractivity contribution in [2.24, 2.45) is 0 Å². The van der Waals surface area contributed by atoms with Crippen LogP contribution in [0.1, 0.15) is 39.8 Å². The van der Waals surface area contributed by atoms with Crippen LogP contribution >= 0.6 is 11.3 Å². The predicted molar refractivity (Wildman–Crippen MR) is 76.0 cm³/mol. The normalized spacial score (nSPS) is 15.9. The third-order valence-corrected chi connectivity index (χ3v) is 5.03. The van der Waals surface area contributed by atoms with Crippen molar-refractivity contribution in [2.45, 2.75) is 38.2 Å². The molecule has 1 unspecified atom stereocenters. The Bertz CT molecular complexity index is 577. The number of halogens is 2. The monoisotopic (exact) mass is 294 g/mol. The summed E-state index contributed by atoms with van der Waals surface area (Å²) in [5, 5.41) is 10.3. The summed E-state index contributed by atoms with van der Waals surface area (Å²) in [5.74, 6) is -1.20. The van der Waals surface area contributed by atoms with Gasteiger partial charge < -0.3 is 5.11 Å². The fourth-order valence-electron chi connectivity index (χ4n) is 2.73. The molecule has 0 aliphatic heterocycles. The Morgan fingerprint density at radius 3 is 2.45 bits per heavy atom. The number of fused-ring (bicyclic) bond motifs is 1. The van der Waals surface area contributed by atoms with E-state index in [2.05, 4.69) is 6.07 Å². The Kier molecular flexibility index (Phi) is 3.85. The zero-order valence-corrected chi connectivity index (χ0v) is 11.9. The minimum Gasteiger partial charge on any atom is -0.387 e. The number of aliphatic hydroxyl groups excluding tert-OH is 1. The van der Waals surface area contributed by atoms with Crippen molar-refractivity contribution in [3.63, 3.8) is 0 Å². The third-order valence-electron chi connectivity index (χ3n) is 3.70. The van der Waals surface area contributed by atoms with Crippen molar-refractivity contribution in [3.05, 3.63) is 56.8 Å². The topological polar surface area (TPSA) is 20.2 Å². The van der Waals surface area contributed by atoms with Crippen LogP contribution in [-0.4, -0.2) is 5.11 Å². The maximum atomic E-state index is 13.1. The van der Waals surface area contributed by atoms with Crippen LogP contribution in [0.2, 0.25) is 0 Å². The number of thiophene rings is 1. The van der Waals surface area contributed by atoms with Gasteiger partial charge in [0.1, 0.15) is 11.6 Å². The van der Waals surface area contributed by atoms with E-state index in [1.165, 1.54) is 35.4 Å². The van der Waals surface area contributed by atoms with Gasteiger partial charge in [-0.05, 0) is 55.0 Å². The average molecular weight is 294 g/mol. The first-order valence-corrected chi connectivity index (χ1v) is 7.68. The molecule has 0 saturated heterocycles. The lowest BCUT2D eigenvalue weighted by Gasteiger charge is -2.09. The van der Waals surface area contributed by atoms with Crippen LogP contribution in [0, 0.1) is 11.6 Å². The number of rotatable bonds is 3. The van der Waals surface area contributed by atoms with E-state index in [4.69, 9.17) is 0 Å². The zero-order chi connectivity index (χ0) is 14.1. The molecule has 1 aromatic heterocycles. The molecule has 0 saturated carbocycles. The quantitative estimate of drug-likeness (QED) is 0.900. The average Bonchev–Trinajstić information content (AvgIpc) is 2.81. The molecule has 0 amide bonds. The van der Waals surface area contributed by atoms with Gasteiger partial charge in [-0.1, -0.05) is 0 Å². The summed E-state index contributed by atoms with van der Waals surface area (Å²) in [6, 6.07) is 5.46. The highest BCUT2D eigenvalue weighted by atomic mass is 32.1. The first-order valence-electron chi connectivity index (χ1n) is 6.86. The van der Waals surface area contributed by atoms with E-state index in [1.54, 1.807) is 11.3 Å². The lowest BCUT2D eigenvalue weighted by atomic mass is 9.98. The maximum absolute atomic E-state index is 13.1. The van der Waals surface area contributed by atoms with Gasteiger partial charge in [0.2, 0.25) is 0 Å². The lowest BCUT2D eigenvalue weighted by molar-refractivity contribution is 0.182. The van der Waals surface area contributed by atoms with Crippen LogP contribution in [-0.2, 0) is 19.3 Å². The van der Waals surface area contributed by atoms with E-state index in [0.29, 0.717) is 5.56 Å². The molecule has 1 heterocycles. The Labute approximate surface area is 120 Å². The zero-order valence-electron chi connectivity index (χ0n) is 11.0. The summed E-state index contributed by atoms with van der Waals surface area (Å²) in [6.45, 7) is 0. The molecule has 0 bridgehead atoms. The molecule has 1 N–H and O–H groups in total. The maximum Gasteiger partial charge on any atom is 0.126 e. The lowest BCUT2D eigenvalue weighted by Crippen LogP contribution is -2.00. The Morgan fingerprint density at radius 2 is 1.75 bits per heavy atom. The molecule has 0 radical (unpaired) electrons. The summed E-state index contributed by atoms with van der Waals surface area (Å²) >= 11 is 1.63. The van der Waals surface area contributed by atoms with Crippen molar-refractivity contribution in [1.29, 1.82) is 0 Å². The van der Waals surface area contributed by atoms with Gasteiger partial charge in [-0.3, -0.25) is 0 Å². The van der Waals surface area contributed by atoms with Gasteiger partial charge in [0.15, 0.2) is 0 Å². The van der Waals surface area contributed by atoms with Crippen LogP contribution in [0.4, 0.5) is 8.78 Å². The number of aliphatic hydroxyl groups is 1. The second kappa shape index (κ2) is 5.62. The highest BCUT2D eigenvalue weighted by molar-refractivity contribution is 7.12. The van der Waals surface area contributed by atoms with Gasteiger partial charge in [0.05, 0.1) is 6.10 Å². The molecule has 2 aromatic rings. The van der Waals surface area contributed by atoms with Gasteiger partial charge in [-0.25, -0.2) is 8.78 Å². The van der Waals surface area contributed by atoms with E-state index in [-0.39, 0.29) is 6.42 Å². The first kappa shape index (κ1) is 13.7. The number of benzene rings is 1. The van der Waals surface area contributed by atoms with Crippen molar-refractivity contribution >= 4 is 11.3 Å². The largest absolute Gasteiger partial charge is 0.387 e. The van der Waals surface area contributed by atoms with Gasteiger partial charge in [-0.15, -0.1) is 11.3 Å². The summed E-state index contributed by atoms with van der Waals surface area (Å²) in [6.07, 6.45) is 4.13. The SMILES string of the molecule is OC(Cc1cc(F)cc(F)c1)c1cc2c(s1)CCCC2. The van der Waals surface area contributed by atoms with E-state index in [1.807, 2.05) is 0 Å². The smallest absolute Gasteiger partial charge is 0.126 e. The van der Waals surface area contributed by atoms with Crippen molar-refractivity contribution in [1.82, 2.24) is 0 Å². The molecule has 1 aliphatic rings. The molecule has 1 atom stereocenters. The minimum atomic E-state index is -0.688. The second-order valence-corrected chi connectivity index (χ2v) is 6.47. The summed E-state index contributed by atoms with van der Waals surface area (Å²) < 4.78 is 26.3. The third kappa shape index (κ3) is 2.91. The summed E-state index contributed by atoms with van der Waals surface area (Å²) in [5.41, 5.74) is 1.82. The predicted octanol–water partition coefficient (Wildman–Crippen LogP) is 4.18. The van der Waals surface area contributed by atoms with Crippen molar-refractivity contribution in [2.75, 3.05) is 0 Å². The van der Waals surface area contributed by atoms with Crippen molar-refractivity contribution < 1.29 is 13.9 Å². The standard InChI is InChI=1S/C16H16F2OS/c17-12-5-10(6-13(18)9-12)7-14(19)16-8-11-3-1-2-4-15(11)20-16/h5-6,8-9,14,19H,1-4,7H2. The fourth-order valence-corrected chi connectivity index (χ4v) is 3.97. The fraction of sp³-hybridized carbons (Fsp3) is 0.375. The van der Waals surface area contributed by atoms with E-state index in [9.17, 15) is 13.9 Å². The van der Waals surface area contributed by atoms with Gasteiger partial charge >= 0.3 is 0 Å². The van der Waals surface area contributed by atoms with Gasteiger partial charge in [0.25, 0.3) is 0 Å². The van der Waals surface area contributed by atoms with Crippen LogP contribution in [0.5, 0.6) is 0 Å². The Balaban J connectivity index is 1.78. The molecular formula is C16H16F2OS. The molecule has 106 valence electrons. The number of aryl methyl sites for hydroxylation is 2. The summed E-state index contributed by atoms with van der Waals surface area (Å²) in [4.78, 5) is 2.26. The molecule has 4 heteroatoms. The molecule has 1 aromatic carbocycles. The molecule has 0 fully saturated rings. The minimum absolute atomic E-state index is 0.244. The van der Waals surface area contributed by atoms with E-state index >= 15 is 0 Å². The van der Waals surface area contributed by atoms with E-state index in [0.717, 1.165) is 23.8 Å². The van der Waals surface area contributed by atoms with Crippen LogP contribution < -0.4 is 0 Å². The van der Waals surface area contributed by atoms with Crippen LogP contribution in [0.25, 0.3) is 0 Å². The van der Waals surface area contributed by atoms with Gasteiger partial charge in [0, 0.05) is 22.2 Å². The summed E-state index contributed by atoms with van der Waals surface area (Å²) in [7, 11) is 0.